The maximum absolute atomic E-state index is 11.2. The van der Waals surface area contributed by atoms with Crippen molar-refractivity contribution in [3.63, 3.8) is 0 Å². The van der Waals surface area contributed by atoms with Crippen LogP contribution in [-0.2, 0) is 23.1 Å². The molecule has 0 aliphatic carbocycles. The van der Waals surface area contributed by atoms with E-state index >= 15 is 0 Å². The van der Waals surface area contributed by atoms with E-state index in [2.05, 4.69) is 16.9 Å². The summed E-state index contributed by atoms with van der Waals surface area (Å²) in [4.78, 5) is 2.21. The highest BCUT2D eigenvalue weighted by molar-refractivity contribution is 7.89. The van der Waals surface area contributed by atoms with Gasteiger partial charge in [-0.1, -0.05) is 6.92 Å². The highest BCUT2D eigenvalue weighted by Crippen LogP contribution is 2.20. The molecule has 0 amide bonds. The lowest BCUT2D eigenvalue weighted by Gasteiger charge is -2.10. The third-order valence-electron chi connectivity index (χ3n) is 2.41. The molecule has 0 spiro atoms. The molecule has 0 N–H and O–H groups in total. The van der Waals surface area contributed by atoms with Crippen molar-refractivity contribution in [3.8, 4) is 0 Å². The molecule has 5 nitrogen and oxygen atoms in total. The third-order valence-corrected chi connectivity index (χ3v) is 3.28. The van der Waals surface area contributed by atoms with E-state index in [9.17, 15) is 8.42 Å². The highest BCUT2D eigenvalue weighted by Gasteiger charge is 2.23. The normalized spacial score (nSPS) is 17.3. The van der Waals surface area contributed by atoms with Gasteiger partial charge in [-0.3, -0.25) is 4.90 Å². The van der Waals surface area contributed by atoms with E-state index in [1.165, 1.54) is 0 Å². The number of hydrogen-bond acceptors (Lipinski definition) is 4. The van der Waals surface area contributed by atoms with Crippen LogP contribution in [0.5, 0.6) is 0 Å². The zero-order valence-electron chi connectivity index (χ0n) is 8.27. The molecule has 14 heavy (non-hydrogen) atoms. The van der Waals surface area contributed by atoms with Crippen LogP contribution in [0.2, 0.25) is 0 Å². The van der Waals surface area contributed by atoms with Crippen LogP contribution < -0.4 is 0 Å². The SMILES string of the molecule is CCN1Cc2cn(S(C)(=O)=O)nc2C1. The second-order valence-electron chi connectivity index (χ2n) is 3.54. The summed E-state index contributed by atoms with van der Waals surface area (Å²) in [6, 6.07) is 0. The summed E-state index contributed by atoms with van der Waals surface area (Å²) < 4.78 is 23.4. The van der Waals surface area contributed by atoms with Gasteiger partial charge in [0.05, 0.1) is 11.9 Å². The number of fused-ring (bicyclic) bond motifs is 1. The third kappa shape index (κ3) is 1.55. The van der Waals surface area contributed by atoms with Gasteiger partial charge in [-0.15, -0.1) is 0 Å². The molecule has 1 aromatic rings. The van der Waals surface area contributed by atoms with Crippen molar-refractivity contribution in [3.05, 3.63) is 17.5 Å². The number of nitrogens with zero attached hydrogens (tertiary/aromatic N) is 3. The molecule has 1 aliphatic heterocycles. The van der Waals surface area contributed by atoms with Gasteiger partial charge in [0, 0.05) is 24.8 Å². The zero-order valence-corrected chi connectivity index (χ0v) is 9.08. The second kappa shape index (κ2) is 3.06. The molecule has 1 aromatic heterocycles. The van der Waals surface area contributed by atoms with Crippen molar-refractivity contribution in [1.29, 1.82) is 0 Å². The molecule has 0 unspecified atom stereocenters. The van der Waals surface area contributed by atoms with E-state index in [1.54, 1.807) is 6.20 Å². The van der Waals surface area contributed by atoms with Crippen LogP contribution >= 0.6 is 0 Å². The smallest absolute Gasteiger partial charge is 0.250 e. The van der Waals surface area contributed by atoms with Crippen molar-refractivity contribution in [2.45, 2.75) is 20.0 Å². The quantitative estimate of drug-likeness (QED) is 0.698. The summed E-state index contributed by atoms with van der Waals surface area (Å²) in [7, 11) is -3.22. The Bertz CT molecular complexity index is 426. The van der Waals surface area contributed by atoms with Crippen LogP contribution in [0.4, 0.5) is 0 Å². The molecular weight excluding hydrogens is 202 g/mol. The van der Waals surface area contributed by atoms with Gasteiger partial charge >= 0.3 is 0 Å². The first-order valence-electron chi connectivity index (χ1n) is 4.51. The fraction of sp³-hybridized carbons (Fsp3) is 0.625. The Morgan fingerprint density at radius 2 is 2.21 bits per heavy atom. The molecule has 0 bridgehead atoms. The average Bonchev–Trinajstić information content (AvgIpc) is 2.56. The minimum Gasteiger partial charge on any atom is -0.293 e. The molecule has 0 aromatic carbocycles. The summed E-state index contributed by atoms with van der Waals surface area (Å²) in [5.74, 6) is 0. The Hall–Kier alpha value is -0.880. The van der Waals surface area contributed by atoms with E-state index < -0.39 is 10.0 Å². The Morgan fingerprint density at radius 3 is 2.71 bits per heavy atom. The molecule has 0 saturated heterocycles. The maximum atomic E-state index is 11.2. The minimum absolute atomic E-state index is 0.758. The predicted molar refractivity (Wildman–Crippen MR) is 52.3 cm³/mol. The second-order valence-corrected chi connectivity index (χ2v) is 5.38. The lowest BCUT2D eigenvalue weighted by molar-refractivity contribution is 0.296. The molecule has 2 rings (SSSR count). The van der Waals surface area contributed by atoms with Crippen molar-refractivity contribution in [1.82, 2.24) is 14.1 Å². The molecule has 0 atom stereocenters. The summed E-state index contributed by atoms with van der Waals surface area (Å²) >= 11 is 0. The summed E-state index contributed by atoms with van der Waals surface area (Å²) in [5, 5.41) is 4.05. The first kappa shape index (κ1) is 9.67. The summed E-state index contributed by atoms with van der Waals surface area (Å²) in [6.07, 6.45) is 2.77. The Labute approximate surface area is 83.4 Å². The fourth-order valence-electron chi connectivity index (χ4n) is 1.59. The zero-order chi connectivity index (χ0) is 10.3. The van der Waals surface area contributed by atoms with Gasteiger partial charge < -0.3 is 0 Å². The fourth-order valence-corrected chi connectivity index (χ4v) is 2.15. The number of hydrogen-bond donors (Lipinski definition) is 0. The van der Waals surface area contributed by atoms with Gasteiger partial charge in [-0.2, -0.15) is 9.19 Å². The largest absolute Gasteiger partial charge is 0.293 e. The van der Waals surface area contributed by atoms with Crippen LogP contribution in [0.15, 0.2) is 6.20 Å². The first-order valence-corrected chi connectivity index (χ1v) is 6.36. The van der Waals surface area contributed by atoms with E-state index in [1.807, 2.05) is 0 Å². The first-order chi connectivity index (χ1) is 6.50. The van der Waals surface area contributed by atoms with Gasteiger partial charge in [-0.05, 0) is 6.54 Å². The van der Waals surface area contributed by atoms with Crippen molar-refractivity contribution in [2.75, 3.05) is 12.8 Å². The minimum atomic E-state index is -3.22. The molecule has 78 valence electrons. The number of aromatic nitrogens is 2. The monoisotopic (exact) mass is 215 g/mol. The molecule has 0 fully saturated rings. The van der Waals surface area contributed by atoms with E-state index in [0.29, 0.717) is 0 Å². The van der Waals surface area contributed by atoms with Gasteiger partial charge in [0.15, 0.2) is 0 Å². The topological polar surface area (TPSA) is 55.2 Å². The standard InChI is InChI=1S/C8H13N3O2S/c1-3-10-4-7-5-11(14(2,12)13)9-8(7)6-10/h5H,3-4,6H2,1-2H3. The predicted octanol–water partition coefficient (Wildman–Crippen LogP) is 0.0263. The lowest BCUT2D eigenvalue weighted by atomic mass is 10.3. The van der Waals surface area contributed by atoms with Gasteiger partial charge in [0.25, 0.3) is 10.0 Å². The highest BCUT2D eigenvalue weighted by atomic mass is 32.2. The molecule has 0 radical (unpaired) electrons. The van der Waals surface area contributed by atoms with Crippen molar-refractivity contribution < 1.29 is 8.42 Å². The Kier molecular flexibility index (Phi) is 2.11. The molecule has 2 heterocycles. The van der Waals surface area contributed by atoms with E-state index in [4.69, 9.17) is 0 Å². The van der Waals surface area contributed by atoms with Crippen LogP contribution in [-0.4, -0.2) is 35.3 Å². The van der Waals surface area contributed by atoms with Crippen molar-refractivity contribution >= 4 is 10.0 Å². The van der Waals surface area contributed by atoms with Crippen LogP contribution in [0.3, 0.4) is 0 Å². The maximum Gasteiger partial charge on any atom is 0.250 e. The summed E-state index contributed by atoms with van der Waals surface area (Å²) in [6.45, 7) is 4.61. The average molecular weight is 215 g/mol. The summed E-state index contributed by atoms with van der Waals surface area (Å²) in [5.41, 5.74) is 1.91. The van der Waals surface area contributed by atoms with Crippen molar-refractivity contribution in [2.24, 2.45) is 0 Å². The number of rotatable bonds is 2. The molecule has 6 heteroatoms. The molecular formula is C8H13N3O2S. The lowest BCUT2D eigenvalue weighted by Crippen LogP contribution is -2.17. The van der Waals surface area contributed by atoms with Gasteiger partial charge in [-0.25, -0.2) is 8.42 Å². The molecule has 1 aliphatic rings. The van der Waals surface area contributed by atoms with Crippen LogP contribution in [0.1, 0.15) is 18.2 Å². The Morgan fingerprint density at radius 1 is 1.50 bits per heavy atom. The van der Waals surface area contributed by atoms with Gasteiger partial charge in [0.1, 0.15) is 0 Å². The molecule has 0 saturated carbocycles. The Balaban J connectivity index is 2.32. The van der Waals surface area contributed by atoms with E-state index in [0.717, 1.165) is 41.2 Å². The van der Waals surface area contributed by atoms with Crippen LogP contribution in [0.25, 0.3) is 0 Å². The van der Waals surface area contributed by atoms with Gasteiger partial charge in [0.2, 0.25) is 0 Å². The van der Waals surface area contributed by atoms with Crippen LogP contribution in [0, 0.1) is 0 Å². The van der Waals surface area contributed by atoms with E-state index in [-0.39, 0.29) is 0 Å².